The van der Waals surface area contributed by atoms with E-state index in [1.165, 1.54) is 13.3 Å². The number of carbonyl (C=O) groups excluding carboxylic acids is 2. The number of benzene rings is 1. The monoisotopic (exact) mass is 320 g/mol. The van der Waals surface area contributed by atoms with Crippen LogP contribution in [0.1, 0.15) is 22.2 Å². The van der Waals surface area contributed by atoms with Gasteiger partial charge in [0.2, 0.25) is 0 Å². The number of esters is 1. The quantitative estimate of drug-likeness (QED) is 0.828. The molecule has 2 rings (SSSR count). The standard InChI is InChI=1S/C15H16N2O4S/c1-3-10-5-4-6-11(7-10)21-9-13(18)17-15-16-8-12(22-15)14(19)20-2/h4-8H,3,9H2,1-2H3,(H,16,17,18). The Bertz CT molecular complexity index is 669. The summed E-state index contributed by atoms with van der Waals surface area (Å²) in [5.41, 5.74) is 1.14. The van der Waals surface area contributed by atoms with Crippen molar-refractivity contribution in [1.82, 2.24) is 4.98 Å². The van der Waals surface area contributed by atoms with E-state index in [0.717, 1.165) is 23.3 Å². The van der Waals surface area contributed by atoms with Crippen molar-refractivity contribution in [2.75, 3.05) is 19.0 Å². The maximum atomic E-state index is 11.8. The zero-order valence-corrected chi connectivity index (χ0v) is 13.1. The number of carbonyl (C=O) groups is 2. The van der Waals surface area contributed by atoms with Crippen molar-refractivity contribution < 1.29 is 19.1 Å². The lowest BCUT2D eigenvalue weighted by molar-refractivity contribution is -0.118. The molecule has 1 heterocycles. The fourth-order valence-electron chi connectivity index (χ4n) is 1.69. The Morgan fingerprint density at radius 2 is 2.18 bits per heavy atom. The van der Waals surface area contributed by atoms with Crippen LogP contribution in [0.15, 0.2) is 30.5 Å². The van der Waals surface area contributed by atoms with E-state index in [1.807, 2.05) is 25.1 Å². The number of aryl methyl sites for hydroxylation is 1. The van der Waals surface area contributed by atoms with Crippen LogP contribution in [0.3, 0.4) is 0 Å². The van der Waals surface area contributed by atoms with Crippen molar-refractivity contribution in [2.24, 2.45) is 0 Å². The van der Waals surface area contributed by atoms with E-state index in [1.54, 1.807) is 6.07 Å². The summed E-state index contributed by atoms with van der Waals surface area (Å²) in [6.07, 6.45) is 2.26. The highest BCUT2D eigenvalue weighted by atomic mass is 32.1. The number of nitrogens with one attached hydrogen (secondary N) is 1. The van der Waals surface area contributed by atoms with Gasteiger partial charge in [-0.3, -0.25) is 10.1 Å². The molecule has 0 atom stereocenters. The van der Waals surface area contributed by atoms with Gasteiger partial charge in [0.1, 0.15) is 10.6 Å². The van der Waals surface area contributed by atoms with Crippen molar-refractivity contribution in [3.8, 4) is 5.75 Å². The minimum atomic E-state index is -0.481. The van der Waals surface area contributed by atoms with Crippen molar-refractivity contribution in [1.29, 1.82) is 0 Å². The normalized spacial score (nSPS) is 10.1. The summed E-state index contributed by atoms with van der Waals surface area (Å²) in [7, 11) is 1.29. The lowest BCUT2D eigenvalue weighted by Crippen LogP contribution is -2.20. The first kappa shape index (κ1) is 16.0. The molecule has 6 nitrogen and oxygen atoms in total. The molecule has 0 aliphatic heterocycles. The van der Waals surface area contributed by atoms with Crippen LogP contribution >= 0.6 is 11.3 Å². The molecule has 0 saturated carbocycles. The second-order valence-corrected chi connectivity index (χ2v) is 5.39. The molecule has 1 amide bonds. The molecule has 0 unspecified atom stereocenters. The average Bonchev–Trinajstić information content (AvgIpc) is 3.00. The molecule has 1 N–H and O–H groups in total. The molecule has 7 heteroatoms. The number of thiazole rings is 1. The second-order valence-electron chi connectivity index (χ2n) is 4.36. The molecule has 0 aliphatic carbocycles. The van der Waals surface area contributed by atoms with E-state index in [4.69, 9.17) is 4.74 Å². The van der Waals surface area contributed by atoms with Crippen LogP contribution in [0.25, 0.3) is 0 Å². The van der Waals surface area contributed by atoms with E-state index in [0.29, 0.717) is 15.8 Å². The lowest BCUT2D eigenvalue weighted by atomic mass is 10.2. The fourth-order valence-corrected chi connectivity index (χ4v) is 2.44. The molecule has 22 heavy (non-hydrogen) atoms. The molecular formula is C15H16N2O4S. The van der Waals surface area contributed by atoms with Gasteiger partial charge in [0, 0.05) is 0 Å². The third-order valence-corrected chi connectivity index (χ3v) is 3.71. The van der Waals surface area contributed by atoms with Gasteiger partial charge in [0.15, 0.2) is 11.7 Å². The van der Waals surface area contributed by atoms with Crippen LogP contribution in [0.2, 0.25) is 0 Å². The lowest BCUT2D eigenvalue weighted by Gasteiger charge is -2.07. The van der Waals surface area contributed by atoms with Gasteiger partial charge < -0.3 is 9.47 Å². The summed E-state index contributed by atoms with van der Waals surface area (Å²) < 4.78 is 10.0. The topological polar surface area (TPSA) is 77.5 Å². The third kappa shape index (κ3) is 4.29. The van der Waals surface area contributed by atoms with E-state index in [-0.39, 0.29) is 12.5 Å². The number of amides is 1. The Hall–Kier alpha value is -2.41. The summed E-state index contributed by atoms with van der Waals surface area (Å²) in [5, 5.41) is 2.91. The van der Waals surface area contributed by atoms with Gasteiger partial charge in [-0.05, 0) is 24.1 Å². The SMILES string of the molecule is CCc1cccc(OCC(=O)Nc2ncc(C(=O)OC)s2)c1. The predicted molar refractivity (Wildman–Crippen MR) is 83.4 cm³/mol. The highest BCUT2D eigenvalue weighted by Crippen LogP contribution is 2.19. The Balaban J connectivity index is 1.87. The zero-order chi connectivity index (χ0) is 15.9. The molecule has 0 bridgehead atoms. The van der Waals surface area contributed by atoms with E-state index >= 15 is 0 Å². The smallest absolute Gasteiger partial charge is 0.349 e. The number of anilines is 1. The molecule has 0 radical (unpaired) electrons. The van der Waals surface area contributed by atoms with Gasteiger partial charge in [-0.2, -0.15) is 0 Å². The summed E-state index contributed by atoms with van der Waals surface area (Å²) in [4.78, 5) is 27.4. The van der Waals surface area contributed by atoms with Gasteiger partial charge >= 0.3 is 5.97 Å². The van der Waals surface area contributed by atoms with Crippen LogP contribution in [0.4, 0.5) is 5.13 Å². The van der Waals surface area contributed by atoms with Crippen molar-refractivity contribution in [3.63, 3.8) is 0 Å². The number of ether oxygens (including phenoxy) is 2. The minimum absolute atomic E-state index is 0.125. The maximum Gasteiger partial charge on any atom is 0.349 e. The molecular weight excluding hydrogens is 304 g/mol. The molecule has 0 saturated heterocycles. The number of hydrogen-bond donors (Lipinski definition) is 1. The largest absolute Gasteiger partial charge is 0.484 e. The summed E-state index contributed by atoms with van der Waals surface area (Å²) in [6, 6.07) is 7.57. The summed E-state index contributed by atoms with van der Waals surface area (Å²) >= 11 is 1.05. The molecule has 0 fully saturated rings. The molecule has 2 aromatic rings. The zero-order valence-electron chi connectivity index (χ0n) is 12.3. The van der Waals surface area contributed by atoms with Gasteiger partial charge in [0.05, 0.1) is 13.3 Å². The molecule has 0 spiro atoms. The first-order valence-corrected chi connectivity index (χ1v) is 7.49. The number of hydrogen-bond acceptors (Lipinski definition) is 6. The minimum Gasteiger partial charge on any atom is -0.484 e. The van der Waals surface area contributed by atoms with Gasteiger partial charge in [-0.25, -0.2) is 9.78 Å². The molecule has 1 aromatic heterocycles. The Morgan fingerprint density at radius 1 is 1.36 bits per heavy atom. The molecule has 1 aromatic carbocycles. The van der Waals surface area contributed by atoms with Crippen LogP contribution < -0.4 is 10.1 Å². The fraction of sp³-hybridized carbons (Fsp3) is 0.267. The van der Waals surface area contributed by atoms with Crippen molar-refractivity contribution >= 4 is 28.3 Å². The first-order chi connectivity index (χ1) is 10.6. The second kappa shape index (κ2) is 7.56. The summed E-state index contributed by atoms with van der Waals surface area (Å²) in [5.74, 6) is -0.179. The van der Waals surface area contributed by atoms with Crippen molar-refractivity contribution in [2.45, 2.75) is 13.3 Å². The Labute approximate surface area is 132 Å². The van der Waals surface area contributed by atoms with Crippen molar-refractivity contribution in [3.05, 3.63) is 40.9 Å². The molecule has 116 valence electrons. The maximum absolute atomic E-state index is 11.8. The molecule has 0 aliphatic rings. The van der Waals surface area contributed by atoms with E-state index in [2.05, 4.69) is 15.0 Å². The Kier molecular flexibility index (Phi) is 5.48. The third-order valence-electron chi connectivity index (χ3n) is 2.82. The van der Waals surface area contributed by atoms with Gasteiger partial charge in [0.25, 0.3) is 5.91 Å². The highest BCUT2D eigenvalue weighted by Gasteiger charge is 2.12. The number of nitrogens with zero attached hydrogens (tertiary/aromatic N) is 1. The van der Waals surface area contributed by atoms with Gasteiger partial charge in [-0.15, -0.1) is 0 Å². The van der Waals surface area contributed by atoms with Gasteiger partial charge in [-0.1, -0.05) is 30.4 Å². The Morgan fingerprint density at radius 3 is 2.91 bits per heavy atom. The van der Waals surface area contributed by atoms with Crippen LogP contribution in [-0.4, -0.2) is 30.6 Å². The predicted octanol–water partition coefficient (Wildman–Crippen LogP) is 2.51. The number of methoxy groups -OCH3 is 1. The highest BCUT2D eigenvalue weighted by molar-refractivity contribution is 7.17. The first-order valence-electron chi connectivity index (χ1n) is 6.68. The number of aromatic nitrogens is 1. The van der Waals surface area contributed by atoms with Crippen LogP contribution in [0, 0.1) is 0 Å². The summed E-state index contributed by atoms with van der Waals surface area (Å²) in [6.45, 7) is 1.92. The van der Waals surface area contributed by atoms with Crippen LogP contribution in [-0.2, 0) is 16.0 Å². The van der Waals surface area contributed by atoms with Crippen LogP contribution in [0.5, 0.6) is 5.75 Å². The average molecular weight is 320 g/mol. The van der Waals surface area contributed by atoms with E-state index < -0.39 is 5.97 Å². The number of rotatable bonds is 6. The van der Waals surface area contributed by atoms with E-state index in [9.17, 15) is 9.59 Å².